The van der Waals surface area contributed by atoms with Gasteiger partial charge in [-0.1, -0.05) is 0 Å². The predicted molar refractivity (Wildman–Crippen MR) is 67.9 cm³/mol. The van der Waals surface area contributed by atoms with Crippen LogP contribution in [0.2, 0.25) is 0 Å². The first-order chi connectivity index (χ1) is 9.31. The lowest BCUT2D eigenvalue weighted by Crippen LogP contribution is -2.72. The predicted octanol–water partition coefficient (Wildman–Crippen LogP) is 0.248. The zero-order valence-corrected chi connectivity index (χ0v) is 12.8. The Hall–Kier alpha value is -0.280. The molecule has 20 heavy (non-hydrogen) atoms. The number of methoxy groups -OCH3 is 3. The van der Waals surface area contributed by atoms with Gasteiger partial charge < -0.3 is 33.5 Å². The lowest BCUT2D eigenvalue weighted by Gasteiger charge is -2.56. The minimum Gasteiger partial charge on any atom is -0.388 e. The maximum atomic E-state index is 10.3. The van der Waals surface area contributed by atoms with E-state index in [1.807, 2.05) is 0 Å². The number of hydrogen-bond acceptors (Lipinski definition) is 7. The third kappa shape index (κ3) is 2.27. The molecule has 118 valence electrons. The van der Waals surface area contributed by atoms with Crippen molar-refractivity contribution in [3.05, 3.63) is 0 Å². The van der Waals surface area contributed by atoms with E-state index in [0.29, 0.717) is 0 Å². The van der Waals surface area contributed by atoms with Gasteiger partial charge in [0.2, 0.25) is 11.6 Å². The van der Waals surface area contributed by atoms with E-state index >= 15 is 0 Å². The van der Waals surface area contributed by atoms with Crippen LogP contribution in [-0.4, -0.2) is 68.7 Å². The molecule has 0 aromatic rings. The van der Waals surface area contributed by atoms with Crippen molar-refractivity contribution in [3.63, 3.8) is 0 Å². The van der Waals surface area contributed by atoms with Gasteiger partial charge in [0.25, 0.3) is 0 Å². The summed E-state index contributed by atoms with van der Waals surface area (Å²) in [5, 5.41) is 10.3. The first-order valence-electron chi connectivity index (χ1n) is 6.64. The van der Waals surface area contributed by atoms with Gasteiger partial charge in [-0.05, 0) is 20.8 Å². The summed E-state index contributed by atoms with van der Waals surface area (Å²) in [4.78, 5) is 0. The van der Waals surface area contributed by atoms with E-state index in [2.05, 4.69) is 0 Å². The Morgan fingerprint density at radius 2 is 1.45 bits per heavy atom. The van der Waals surface area contributed by atoms with Gasteiger partial charge in [-0.3, -0.25) is 0 Å². The van der Waals surface area contributed by atoms with E-state index in [4.69, 9.17) is 28.4 Å². The molecule has 0 radical (unpaired) electrons. The van der Waals surface area contributed by atoms with Crippen molar-refractivity contribution >= 4 is 0 Å². The Morgan fingerprint density at radius 3 is 1.90 bits per heavy atom. The lowest BCUT2D eigenvalue weighted by atomic mass is 9.95. The lowest BCUT2D eigenvalue weighted by molar-refractivity contribution is -0.482. The van der Waals surface area contributed by atoms with E-state index in [0.717, 1.165) is 0 Å². The number of rotatable bonds is 3. The molecule has 0 aromatic carbocycles. The van der Waals surface area contributed by atoms with Crippen LogP contribution in [-0.2, 0) is 28.4 Å². The molecular formula is C13H24O7. The Kier molecular flexibility index (Phi) is 4.42. The average Bonchev–Trinajstić information content (AvgIpc) is 2.45. The summed E-state index contributed by atoms with van der Waals surface area (Å²) in [6.07, 6.45) is -3.16. The summed E-state index contributed by atoms with van der Waals surface area (Å²) in [6.45, 7) is 5.18. The van der Waals surface area contributed by atoms with Gasteiger partial charge in [-0.2, -0.15) is 0 Å². The molecule has 2 aliphatic rings. The Labute approximate surface area is 119 Å². The molecule has 0 spiro atoms. The van der Waals surface area contributed by atoms with E-state index in [1.165, 1.54) is 21.3 Å². The second kappa shape index (κ2) is 5.49. The summed E-state index contributed by atoms with van der Waals surface area (Å²) in [5.74, 6) is -2.30. The van der Waals surface area contributed by atoms with Crippen LogP contribution in [0.15, 0.2) is 0 Å². The Bertz CT molecular complexity index is 334. The smallest absolute Gasteiger partial charge is 0.220 e. The highest BCUT2D eigenvalue weighted by atomic mass is 16.8. The Morgan fingerprint density at radius 1 is 0.950 bits per heavy atom. The Balaban J connectivity index is 2.33. The summed E-state index contributed by atoms with van der Waals surface area (Å²) in [5.41, 5.74) is 0. The van der Waals surface area contributed by atoms with Crippen LogP contribution >= 0.6 is 0 Å². The quantitative estimate of drug-likeness (QED) is 0.799. The van der Waals surface area contributed by atoms with Crippen LogP contribution in [0.3, 0.4) is 0 Å². The van der Waals surface area contributed by atoms with Crippen LogP contribution in [0.4, 0.5) is 0 Å². The van der Waals surface area contributed by atoms with Crippen LogP contribution in [0.5, 0.6) is 0 Å². The molecule has 0 amide bonds. The van der Waals surface area contributed by atoms with Gasteiger partial charge >= 0.3 is 0 Å². The van der Waals surface area contributed by atoms with Gasteiger partial charge in [0.15, 0.2) is 6.29 Å². The molecule has 0 saturated carbocycles. The van der Waals surface area contributed by atoms with Crippen molar-refractivity contribution in [2.75, 3.05) is 21.3 Å². The molecule has 2 saturated heterocycles. The largest absolute Gasteiger partial charge is 0.388 e. The average molecular weight is 292 g/mol. The van der Waals surface area contributed by atoms with Crippen LogP contribution < -0.4 is 0 Å². The zero-order valence-electron chi connectivity index (χ0n) is 12.8. The fourth-order valence-electron chi connectivity index (χ4n) is 2.64. The third-order valence-electron chi connectivity index (χ3n) is 4.32. The third-order valence-corrected chi connectivity index (χ3v) is 4.32. The molecule has 0 unspecified atom stereocenters. The van der Waals surface area contributed by atoms with Gasteiger partial charge in [-0.25, -0.2) is 0 Å². The molecule has 1 N–H and O–H groups in total. The summed E-state index contributed by atoms with van der Waals surface area (Å²) in [7, 11) is 4.53. The second-order valence-corrected chi connectivity index (χ2v) is 5.40. The van der Waals surface area contributed by atoms with E-state index in [9.17, 15) is 5.11 Å². The molecule has 0 aliphatic carbocycles. The number of hydrogen-bond donors (Lipinski definition) is 1. The molecule has 2 aliphatic heterocycles. The molecule has 7 heteroatoms. The number of fused-ring (bicyclic) bond motifs is 1. The van der Waals surface area contributed by atoms with Crippen molar-refractivity contribution in [3.8, 4) is 0 Å². The minimum atomic E-state index is -1.15. The normalized spacial score (nSPS) is 52.6. The fourth-order valence-corrected chi connectivity index (χ4v) is 2.64. The van der Waals surface area contributed by atoms with E-state index in [1.54, 1.807) is 20.8 Å². The second-order valence-electron chi connectivity index (χ2n) is 5.40. The van der Waals surface area contributed by atoms with E-state index < -0.39 is 42.3 Å². The van der Waals surface area contributed by atoms with Crippen molar-refractivity contribution < 1.29 is 33.5 Å². The van der Waals surface area contributed by atoms with Crippen molar-refractivity contribution in [1.82, 2.24) is 0 Å². The monoisotopic (exact) mass is 292 g/mol. The highest BCUT2D eigenvalue weighted by Gasteiger charge is 2.61. The van der Waals surface area contributed by atoms with Crippen molar-refractivity contribution in [1.29, 1.82) is 0 Å². The molecule has 0 bridgehead atoms. The molecule has 7 nitrogen and oxygen atoms in total. The molecule has 2 heterocycles. The molecule has 2 fully saturated rings. The summed E-state index contributed by atoms with van der Waals surface area (Å²) < 4.78 is 33.7. The summed E-state index contributed by atoms with van der Waals surface area (Å²) in [6, 6.07) is 0. The standard InChI is InChI=1S/C13H24O7/c1-7-8(14)9-10(11(15-4)18-7)20-13(3,17-6)12(2,16-5)19-9/h7-11,14H,1-6H3/t7-,8+,9+,10-,11+,12-,13-/m1/s1. The first kappa shape index (κ1) is 16.1. The maximum Gasteiger partial charge on any atom is 0.220 e. The fraction of sp³-hybridized carbons (Fsp3) is 1.00. The number of aliphatic hydroxyl groups excluding tert-OH is 1. The molecule has 0 aromatic heterocycles. The topological polar surface area (TPSA) is 75.6 Å². The van der Waals surface area contributed by atoms with E-state index in [-0.39, 0.29) is 0 Å². The first-order valence-corrected chi connectivity index (χ1v) is 6.64. The SMILES string of the molecule is CO[C@H]1O[C@H](C)[C@H](O)[C@@H]2O[C@@](C)(OC)[C@](C)(OC)O[C@@H]12. The van der Waals surface area contributed by atoms with Crippen LogP contribution in [0.1, 0.15) is 20.8 Å². The van der Waals surface area contributed by atoms with Gasteiger partial charge in [0.1, 0.15) is 18.3 Å². The van der Waals surface area contributed by atoms with Gasteiger partial charge in [-0.15, -0.1) is 0 Å². The number of ether oxygens (including phenoxy) is 6. The van der Waals surface area contributed by atoms with Crippen molar-refractivity contribution in [2.45, 2.75) is 63.1 Å². The minimum absolute atomic E-state index is 0.433. The molecular weight excluding hydrogens is 268 g/mol. The highest BCUT2D eigenvalue weighted by Crippen LogP contribution is 2.43. The molecule has 7 atom stereocenters. The summed E-state index contributed by atoms with van der Waals surface area (Å²) >= 11 is 0. The number of aliphatic hydroxyl groups is 1. The van der Waals surface area contributed by atoms with Gasteiger partial charge in [0.05, 0.1) is 6.10 Å². The van der Waals surface area contributed by atoms with Crippen LogP contribution in [0, 0.1) is 0 Å². The highest BCUT2D eigenvalue weighted by molar-refractivity contribution is 4.98. The zero-order chi connectivity index (χ0) is 15.1. The van der Waals surface area contributed by atoms with Gasteiger partial charge in [0, 0.05) is 21.3 Å². The van der Waals surface area contributed by atoms with Crippen LogP contribution in [0.25, 0.3) is 0 Å². The van der Waals surface area contributed by atoms with Crippen molar-refractivity contribution in [2.24, 2.45) is 0 Å². The molecule has 2 rings (SSSR count). The maximum absolute atomic E-state index is 10.3.